The summed E-state index contributed by atoms with van der Waals surface area (Å²) in [6.45, 7) is 6.66. The SMILES string of the molecule is CC(C)C(CNS(=O)(=O)c1c(F)cccc1F)N1CCOCC1. The fourth-order valence-corrected chi connectivity index (χ4v) is 3.89. The van der Waals surface area contributed by atoms with Gasteiger partial charge in [-0.3, -0.25) is 4.90 Å². The summed E-state index contributed by atoms with van der Waals surface area (Å²) in [4.78, 5) is 1.21. The lowest BCUT2D eigenvalue weighted by Crippen LogP contribution is -2.51. The van der Waals surface area contributed by atoms with Crippen molar-refractivity contribution in [3.05, 3.63) is 29.8 Å². The van der Waals surface area contributed by atoms with Crippen LogP contribution in [0, 0.1) is 17.6 Å². The fourth-order valence-electron chi connectivity index (χ4n) is 2.70. The van der Waals surface area contributed by atoms with Gasteiger partial charge >= 0.3 is 0 Å². The molecular formula is C15H22F2N2O3S. The van der Waals surface area contributed by atoms with E-state index in [1.54, 1.807) is 0 Å². The molecule has 0 radical (unpaired) electrons. The van der Waals surface area contributed by atoms with Gasteiger partial charge in [-0.1, -0.05) is 19.9 Å². The van der Waals surface area contributed by atoms with E-state index >= 15 is 0 Å². The van der Waals surface area contributed by atoms with Crippen molar-refractivity contribution in [3.8, 4) is 0 Å². The van der Waals surface area contributed by atoms with Crippen molar-refractivity contribution in [2.45, 2.75) is 24.8 Å². The van der Waals surface area contributed by atoms with E-state index in [9.17, 15) is 17.2 Å². The third kappa shape index (κ3) is 4.47. The van der Waals surface area contributed by atoms with E-state index in [2.05, 4.69) is 9.62 Å². The van der Waals surface area contributed by atoms with Crippen molar-refractivity contribution in [1.29, 1.82) is 0 Å². The van der Waals surface area contributed by atoms with Crippen LogP contribution >= 0.6 is 0 Å². The Balaban J connectivity index is 2.13. The standard InChI is InChI=1S/C15H22F2N2O3S/c1-11(2)14(19-6-8-22-9-7-19)10-18-23(20,21)15-12(16)4-3-5-13(15)17/h3-5,11,14,18H,6-10H2,1-2H3. The number of sulfonamides is 1. The van der Waals surface area contributed by atoms with Crippen LogP contribution in [0.5, 0.6) is 0 Å². The first-order valence-electron chi connectivity index (χ1n) is 7.58. The predicted octanol–water partition coefficient (Wildman–Crippen LogP) is 1.60. The van der Waals surface area contributed by atoms with E-state index in [4.69, 9.17) is 4.74 Å². The summed E-state index contributed by atoms with van der Waals surface area (Å²) in [5.74, 6) is -2.00. The highest BCUT2D eigenvalue weighted by Gasteiger charge is 2.28. The van der Waals surface area contributed by atoms with E-state index in [1.165, 1.54) is 0 Å². The molecule has 8 heteroatoms. The lowest BCUT2D eigenvalue weighted by Gasteiger charge is -2.36. The van der Waals surface area contributed by atoms with Gasteiger partial charge < -0.3 is 4.74 Å². The van der Waals surface area contributed by atoms with Crippen LogP contribution < -0.4 is 4.72 Å². The van der Waals surface area contributed by atoms with Gasteiger partial charge in [-0.05, 0) is 18.1 Å². The van der Waals surface area contributed by atoms with Gasteiger partial charge in [0.25, 0.3) is 0 Å². The summed E-state index contributed by atoms with van der Waals surface area (Å²) in [5.41, 5.74) is 0. The van der Waals surface area contributed by atoms with Crippen LogP contribution in [0.4, 0.5) is 8.78 Å². The van der Waals surface area contributed by atoms with Gasteiger partial charge in [0.2, 0.25) is 10.0 Å². The molecule has 1 heterocycles. The van der Waals surface area contributed by atoms with Gasteiger partial charge in [-0.2, -0.15) is 0 Å². The Kier molecular flexibility index (Phi) is 6.07. The molecule has 1 saturated heterocycles. The number of benzene rings is 1. The second kappa shape index (κ2) is 7.65. The molecule has 0 amide bonds. The monoisotopic (exact) mass is 348 g/mol. The maximum Gasteiger partial charge on any atom is 0.246 e. The summed E-state index contributed by atoms with van der Waals surface area (Å²) in [6.07, 6.45) is 0. The van der Waals surface area contributed by atoms with Gasteiger partial charge in [0, 0.05) is 25.7 Å². The molecule has 1 atom stereocenters. The maximum atomic E-state index is 13.7. The number of rotatable bonds is 6. The third-order valence-electron chi connectivity index (χ3n) is 3.95. The Morgan fingerprint density at radius 2 is 1.78 bits per heavy atom. The smallest absolute Gasteiger partial charge is 0.246 e. The second-order valence-electron chi connectivity index (χ2n) is 5.86. The van der Waals surface area contributed by atoms with Gasteiger partial charge in [-0.15, -0.1) is 0 Å². The molecule has 1 N–H and O–H groups in total. The van der Waals surface area contributed by atoms with E-state index in [0.717, 1.165) is 18.2 Å². The molecule has 130 valence electrons. The number of nitrogens with one attached hydrogen (secondary N) is 1. The number of ether oxygens (including phenoxy) is 1. The van der Waals surface area contributed by atoms with Crippen molar-refractivity contribution in [2.75, 3.05) is 32.8 Å². The first-order chi connectivity index (χ1) is 10.8. The highest BCUT2D eigenvalue weighted by atomic mass is 32.2. The molecule has 1 aromatic carbocycles. The Bertz CT molecular complexity index is 611. The lowest BCUT2D eigenvalue weighted by molar-refractivity contribution is 0.00776. The third-order valence-corrected chi connectivity index (χ3v) is 5.43. The molecule has 0 aliphatic carbocycles. The first kappa shape index (κ1) is 18.3. The largest absolute Gasteiger partial charge is 0.379 e. The Labute approximate surface area is 135 Å². The average Bonchev–Trinajstić information content (AvgIpc) is 2.47. The topological polar surface area (TPSA) is 58.6 Å². The van der Waals surface area contributed by atoms with Crippen LogP contribution in [-0.2, 0) is 14.8 Å². The molecule has 1 fully saturated rings. The Morgan fingerprint density at radius 3 is 2.30 bits per heavy atom. The summed E-state index contributed by atoms with van der Waals surface area (Å²) >= 11 is 0. The number of nitrogens with zero attached hydrogens (tertiary/aromatic N) is 1. The van der Waals surface area contributed by atoms with Crippen LogP contribution in [0.1, 0.15) is 13.8 Å². The van der Waals surface area contributed by atoms with Crippen molar-refractivity contribution in [1.82, 2.24) is 9.62 Å². The number of morpholine rings is 1. The van der Waals surface area contributed by atoms with Crippen molar-refractivity contribution in [3.63, 3.8) is 0 Å². The highest BCUT2D eigenvalue weighted by molar-refractivity contribution is 7.89. The van der Waals surface area contributed by atoms with E-state index < -0.39 is 26.6 Å². The number of halogens is 2. The zero-order chi connectivity index (χ0) is 17.0. The average molecular weight is 348 g/mol. The minimum Gasteiger partial charge on any atom is -0.379 e. The van der Waals surface area contributed by atoms with Crippen LogP contribution in [0.3, 0.4) is 0 Å². The normalized spacial score (nSPS) is 18.3. The molecule has 1 aliphatic heterocycles. The molecule has 0 aromatic heterocycles. The van der Waals surface area contributed by atoms with Crippen LogP contribution in [0.25, 0.3) is 0 Å². The highest BCUT2D eigenvalue weighted by Crippen LogP contribution is 2.19. The molecule has 0 bridgehead atoms. The number of hydrogen-bond acceptors (Lipinski definition) is 4. The van der Waals surface area contributed by atoms with Crippen LogP contribution in [0.2, 0.25) is 0 Å². The first-order valence-corrected chi connectivity index (χ1v) is 9.06. The quantitative estimate of drug-likeness (QED) is 0.848. The zero-order valence-electron chi connectivity index (χ0n) is 13.3. The molecular weight excluding hydrogens is 326 g/mol. The lowest BCUT2D eigenvalue weighted by atomic mass is 10.0. The number of hydrogen-bond donors (Lipinski definition) is 1. The molecule has 0 saturated carbocycles. The van der Waals surface area contributed by atoms with Crippen LogP contribution in [0.15, 0.2) is 23.1 Å². The minimum absolute atomic E-state index is 0.0662. The van der Waals surface area contributed by atoms with Crippen molar-refractivity contribution < 1.29 is 21.9 Å². The second-order valence-corrected chi connectivity index (χ2v) is 7.57. The molecule has 0 spiro atoms. The van der Waals surface area contributed by atoms with Gasteiger partial charge in [0.05, 0.1) is 13.2 Å². The minimum atomic E-state index is -4.25. The summed E-state index contributed by atoms with van der Waals surface area (Å²) < 4.78 is 59.5. The molecule has 1 aromatic rings. The van der Waals surface area contributed by atoms with E-state index in [0.29, 0.717) is 26.3 Å². The van der Waals surface area contributed by atoms with Gasteiger partial charge in [0.15, 0.2) is 4.90 Å². The molecule has 1 unspecified atom stereocenters. The van der Waals surface area contributed by atoms with E-state index in [1.807, 2.05) is 13.8 Å². The zero-order valence-corrected chi connectivity index (χ0v) is 14.1. The Morgan fingerprint density at radius 1 is 1.22 bits per heavy atom. The summed E-state index contributed by atoms with van der Waals surface area (Å²) in [5, 5.41) is 0. The Hall–Kier alpha value is -1.09. The molecule has 1 aliphatic rings. The molecule has 2 rings (SSSR count). The van der Waals surface area contributed by atoms with Gasteiger partial charge in [0.1, 0.15) is 11.6 Å². The summed E-state index contributed by atoms with van der Waals surface area (Å²) in [7, 11) is -4.25. The van der Waals surface area contributed by atoms with Crippen molar-refractivity contribution >= 4 is 10.0 Å². The molecule has 5 nitrogen and oxygen atoms in total. The van der Waals surface area contributed by atoms with Crippen LogP contribution in [-0.4, -0.2) is 52.2 Å². The maximum absolute atomic E-state index is 13.7. The molecule has 23 heavy (non-hydrogen) atoms. The van der Waals surface area contributed by atoms with Gasteiger partial charge in [-0.25, -0.2) is 21.9 Å². The predicted molar refractivity (Wildman–Crippen MR) is 82.6 cm³/mol. The fraction of sp³-hybridized carbons (Fsp3) is 0.600. The van der Waals surface area contributed by atoms with E-state index in [-0.39, 0.29) is 18.5 Å². The summed E-state index contributed by atoms with van der Waals surface area (Å²) in [6, 6.07) is 2.93. The van der Waals surface area contributed by atoms with Crippen molar-refractivity contribution in [2.24, 2.45) is 5.92 Å².